The Morgan fingerprint density at radius 1 is 1.58 bits per heavy atom. The first-order chi connectivity index (χ1) is 5.52. The smallest absolute Gasteiger partial charge is 0.306 e. The van der Waals surface area contributed by atoms with E-state index in [1.165, 1.54) is 0 Å². The van der Waals surface area contributed by atoms with Gasteiger partial charge >= 0.3 is 5.97 Å². The van der Waals surface area contributed by atoms with Crippen LogP contribution in [0.2, 0.25) is 0 Å². The number of nitrogens with two attached hydrogens (primary N) is 1. The van der Waals surface area contributed by atoms with Crippen LogP contribution in [0.1, 0.15) is 19.8 Å². The van der Waals surface area contributed by atoms with E-state index in [0.717, 1.165) is 0 Å². The molecule has 3 atom stereocenters. The third-order valence-corrected chi connectivity index (χ3v) is 2.38. The molecule has 1 aliphatic rings. The summed E-state index contributed by atoms with van der Waals surface area (Å²) in [5.74, 6) is -1.49. The summed E-state index contributed by atoms with van der Waals surface area (Å²) in [6.45, 7) is 1.73. The van der Waals surface area contributed by atoms with Gasteiger partial charge < -0.3 is 10.8 Å². The molecule has 4 heteroatoms. The molecule has 1 aliphatic carbocycles. The number of hydrogen-bond acceptors (Lipinski definition) is 3. The van der Waals surface area contributed by atoms with E-state index in [4.69, 9.17) is 10.8 Å². The number of carboxylic acids is 1. The van der Waals surface area contributed by atoms with Gasteiger partial charge in [-0.3, -0.25) is 9.59 Å². The lowest BCUT2D eigenvalue weighted by Crippen LogP contribution is -2.43. The third kappa shape index (κ3) is 1.64. The second-order valence-electron chi connectivity index (χ2n) is 3.42. The molecule has 1 rings (SSSR count). The Balaban J connectivity index is 2.65. The molecule has 4 nitrogen and oxygen atoms in total. The molecule has 3 unspecified atom stereocenters. The summed E-state index contributed by atoms with van der Waals surface area (Å²) in [5, 5.41) is 8.69. The minimum atomic E-state index is -0.843. The standard InChI is InChI=1S/C8H13NO3/c1-4-2-5(8(11)12)3-6(9)7(4)10/h4-6H,2-3,9H2,1H3,(H,11,12). The number of carbonyl (C=O) groups excluding carboxylic acids is 1. The molecule has 3 N–H and O–H groups in total. The Hall–Kier alpha value is -0.900. The van der Waals surface area contributed by atoms with Crippen LogP contribution in [0.15, 0.2) is 0 Å². The SMILES string of the molecule is CC1CC(C(=O)O)CC(N)C1=O. The highest BCUT2D eigenvalue weighted by atomic mass is 16.4. The van der Waals surface area contributed by atoms with Crippen molar-refractivity contribution in [2.24, 2.45) is 17.6 Å². The van der Waals surface area contributed by atoms with Gasteiger partial charge in [-0.15, -0.1) is 0 Å². The van der Waals surface area contributed by atoms with E-state index in [1.807, 2.05) is 0 Å². The van der Waals surface area contributed by atoms with Gasteiger partial charge in [0.05, 0.1) is 12.0 Å². The van der Waals surface area contributed by atoms with Gasteiger partial charge in [0.25, 0.3) is 0 Å². The molecule has 0 heterocycles. The average Bonchev–Trinajstić information content (AvgIpc) is 1.99. The van der Waals surface area contributed by atoms with Crippen LogP contribution in [0.25, 0.3) is 0 Å². The topological polar surface area (TPSA) is 80.4 Å². The van der Waals surface area contributed by atoms with Crippen molar-refractivity contribution in [3.63, 3.8) is 0 Å². The maximum Gasteiger partial charge on any atom is 0.306 e. The van der Waals surface area contributed by atoms with Crippen LogP contribution in [0.5, 0.6) is 0 Å². The molecular weight excluding hydrogens is 158 g/mol. The molecule has 0 aromatic rings. The van der Waals surface area contributed by atoms with E-state index in [9.17, 15) is 9.59 Å². The normalized spacial score (nSPS) is 36.5. The fourth-order valence-electron chi connectivity index (χ4n) is 1.63. The Bertz CT molecular complexity index is 200. The molecule has 0 spiro atoms. The molecular formula is C8H13NO3. The van der Waals surface area contributed by atoms with Gasteiger partial charge in [0, 0.05) is 5.92 Å². The highest BCUT2D eigenvalue weighted by Gasteiger charge is 2.34. The maximum absolute atomic E-state index is 11.2. The third-order valence-electron chi connectivity index (χ3n) is 2.38. The van der Waals surface area contributed by atoms with Crippen molar-refractivity contribution in [2.45, 2.75) is 25.8 Å². The molecule has 1 fully saturated rings. The largest absolute Gasteiger partial charge is 0.481 e. The van der Waals surface area contributed by atoms with Crippen LogP contribution in [-0.2, 0) is 9.59 Å². The van der Waals surface area contributed by atoms with Crippen molar-refractivity contribution in [1.82, 2.24) is 0 Å². The summed E-state index contributed by atoms with van der Waals surface area (Å²) >= 11 is 0. The molecule has 0 aliphatic heterocycles. The van der Waals surface area contributed by atoms with Crippen LogP contribution in [0.4, 0.5) is 0 Å². The van der Waals surface area contributed by atoms with E-state index in [1.54, 1.807) is 6.92 Å². The summed E-state index contributed by atoms with van der Waals surface area (Å²) < 4.78 is 0. The first kappa shape index (κ1) is 9.19. The van der Waals surface area contributed by atoms with Crippen molar-refractivity contribution in [3.8, 4) is 0 Å². The van der Waals surface area contributed by atoms with Crippen LogP contribution in [0, 0.1) is 11.8 Å². The predicted molar refractivity (Wildman–Crippen MR) is 42.5 cm³/mol. The van der Waals surface area contributed by atoms with Gasteiger partial charge in [0.2, 0.25) is 0 Å². The minimum Gasteiger partial charge on any atom is -0.481 e. The number of Topliss-reactive ketones (excluding diaryl/α,β-unsaturated/α-hetero) is 1. The van der Waals surface area contributed by atoms with E-state index < -0.39 is 17.9 Å². The second-order valence-corrected chi connectivity index (χ2v) is 3.42. The number of rotatable bonds is 1. The molecule has 0 aromatic heterocycles. The lowest BCUT2D eigenvalue weighted by Gasteiger charge is -2.27. The summed E-state index contributed by atoms with van der Waals surface area (Å²) in [7, 11) is 0. The highest BCUT2D eigenvalue weighted by Crippen LogP contribution is 2.25. The number of hydrogen-bond donors (Lipinski definition) is 2. The van der Waals surface area contributed by atoms with E-state index in [2.05, 4.69) is 0 Å². The average molecular weight is 171 g/mol. The quantitative estimate of drug-likeness (QED) is 0.582. The monoisotopic (exact) mass is 171 g/mol. The van der Waals surface area contributed by atoms with Gasteiger partial charge in [-0.2, -0.15) is 0 Å². The zero-order chi connectivity index (χ0) is 9.30. The molecule has 68 valence electrons. The van der Waals surface area contributed by atoms with Crippen molar-refractivity contribution >= 4 is 11.8 Å². The van der Waals surface area contributed by atoms with Gasteiger partial charge in [0.1, 0.15) is 0 Å². The molecule has 12 heavy (non-hydrogen) atoms. The van der Waals surface area contributed by atoms with E-state index >= 15 is 0 Å². The first-order valence-electron chi connectivity index (χ1n) is 4.04. The van der Waals surface area contributed by atoms with Crippen LogP contribution in [-0.4, -0.2) is 22.9 Å². The number of aliphatic carboxylic acids is 1. The lowest BCUT2D eigenvalue weighted by atomic mass is 9.79. The van der Waals surface area contributed by atoms with Gasteiger partial charge in [0.15, 0.2) is 5.78 Å². The minimum absolute atomic E-state index is 0.00694. The van der Waals surface area contributed by atoms with Crippen molar-refractivity contribution in [3.05, 3.63) is 0 Å². The maximum atomic E-state index is 11.2. The summed E-state index contributed by atoms with van der Waals surface area (Å²) in [4.78, 5) is 21.8. The number of ketones is 1. The van der Waals surface area contributed by atoms with E-state index in [0.29, 0.717) is 12.8 Å². The Morgan fingerprint density at radius 2 is 2.17 bits per heavy atom. The Labute approximate surface area is 70.7 Å². The van der Waals surface area contributed by atoms with Crippen LogP contribution >= 0.6 is 0 Å². The predicted octanol–water partition coefficient (Wildman–Crippen LogP) is 0.0135. The van der Waals surface area contributed by atoms with Crippen LogP contribution in [0.3, 0.4) is 0 Å². The molecule has 1 saturated carbocycles. The fraction of sp³-hybridized carbons (Fsp3) is 0.750. The molecule has 0 saturated heterocycles. The van der Waals surface area contributed by atoms with Gasteiger partial charge in [-0.25, -0.2) is 0 Å². The van der Waals surface area contributed by atoms with Crippen molar-refractivity contribution < 1.29 is 14.7 Å². The Morgan fingerprint density at radius 3 is 2.58 bits per heavy atom. The summed E-state index contributed by atoms with van der Waals surface area (Å²) in [6, 6.07) is -0.574. The molecule has 0 aromatic carbocycles. The van der Waals surface area contributed by atoms with Gasteiger partial charge in [-0.1, -0.05) is 6.92 Å². The zero-order valence-electron chi connectivity index (χ0n) is 6.99. The highest BCUT2D eigenvalue weighted by molar-refractivity contribution is 5.88. The van der Waals surface area contributed by atoms with Crippen molar-refractivity contribution in [1.29, 1.82) is 0 Å². The summed E-state index contributed by atoms with van der Waals surface area (Å²) in [5.41, 5.74) is 5.48. The molecule has 0 radical (unpaired) electrons. The van der Waals surface area contributed by atoms with Crippen LogP contribution < -0.4 is 5.73 Å². The number of carbonyl (C=O) groups is 2. The lowest BCUT2D eigenvalue weighted by molar-refractivity contribution is -0.145. The fourth-order valence-corrected chi connectivity index (χ4v) is 1.63. The van der Waals surface area contributed by atoms with Gasteiger partial charge in [-0.05, 0) is 12.8 Å². The first-order valence-corrected chi connectivity index (χ1v) is 4.04. The van der Waals surface area contributed by atoms with Crippen molar-refractivity contribution in [2.75, 3.05) is 0 Å². The zero-order valence-corrected chi connectivity index (χ0v) is 6.99. The Kier molecular flexibility index (Phi) is 2.47. The summed E-state index contributed by atoms with van der Waals surface area (Å²) in [6.07, 6.45) is 0.723. The second kappa shape index (κ2) is 3.23. The molecule has 0 amide bonds. The molecule has 0 bridgehead atoms. The van der Waals surface area contributed by atoms with E-state index in [-0.39, 0.29) is 11.7 Å². The number of carboxylic acid groups (broad SMARTS) is 1.